The van der Waals surface area contributed by atoms with E-state index < -0.39 is 0 Å². The first kappa shape index (κ1) is 9.96. The summed E-state index contributed by atoms with van der Waals surface area (Å²) in [6, 6.07) is 0. The van der Waals surface area contributed by atoms with E-state index in [1.165, 1.54) is 0 Å². The van der Waals surface area contributed by atoms with Gasteiger partial charge in [0.15, 0.2) is 0 Å². The molecule has 0 amide bonds. The van der Waals surface area contributed by atoms with Crippen molar-refractivity contribution in [2.45, 2.75) is 19.4 Å². The summed E-state index contributed by atoms with van der Waals surface area (Å²) in [5.74, 6) is 0.366. The molecule has 0 saturated heterocycles. The molecule has 58 valence electrons. The molecule has 0 heterocycles. The lowest BCUT2D eigenvalue weighted by Crippen LogP contribution is -2.11. The summed E-state index contributed by atoms with van der Waals surface area (Å²) in [4.78, 5) is 0. The predicted octanol–water partition coefficient (Wildman–Crippen LogP) is 2.11. The fourth-order valence-corrected chi connectivity index (χ4v) is 1.03. The molecule has 0 fully saturated rings. The van der Waals surface area contributed by atoms with Crippen molar-refractivity contribution < 1.29 is 5.11 Å². The highest BCUT2D eigenvalue weighted by molar-refractivity contribution is 9.09. The minimum Gasteiger partial charge on any atom is -0.392 e. The average molecular weight is 205 g/mol. The molecule has 0 aliphatic heterocycles. The summed E-state index contributed by atoms with van der Waals surface area (Å²) >= 11 is 3.19. The topological polar surface area (TPSA) is 20.2 Å². The van der Waals surface area contributed by atoms with E-state index in [0.717, 1.165) is 6.42 Å². The quantitative estimate of drug-likeness (QED) is 0.550. The van der Waals surface area contributed by atoms with E-state index in [0.29, 0.717) is 11.2 Å². The highest BCUT2D eigenvalue weighted by Gasteiger charge is 2.05. The van der Waals surface area contributed by atoms with Gasteiger partial charge in [-0.3, -0.25) is 0 Å². The van der Waals surface area contributed by atoms with Gasteiger partial charge in [0.05, 0.1) is 6.10 Å². The molecule has 0 radical (unpaired) electrons. The lowest BCUT2D eigenvalue weighted by molar-refractivity contribution is 0.178. The number of rotatable bonds is 4. The van der Waals surface area contributed by atoms with Crippen LogP contribution in [0, 0.1) is 5.92 Å². The molecule has 0 aliphatic rings. The number of alkyl halides is 1. The van der Waals surface area contributed by atoms with Gasteiger partial charge in [0.1, 0.15) is 0 Å². The smallest absolute Gasteiger partial charge is 0.0642 e. The first-order valence-corrected chi connectivity index (χ1v) is 4.42. The summed E-state index contributed by atoms with van der Waals surface area (Å²) < 4.78 is 0. The van der Waals surface area contributed by atoms with Crippen LogP contribution in [0.1, 0.15) is 13.3 Å². The highest BCUT2D eigenvalue weighted by atomic mass is 79.9. The van der Waals surface area contributed by atoms with Crippen LogP contribution in [-0.2, 0) is 0 Å². The van der Waals surface area contributed by atoms with Crippen molar-refractivity contribution in [2.75, 3.05) is 5.33 Å². The van der Waals surface area contributed by atoms with E-state index in [1.54, 1.807) is 0 Å². The van der Waals surface area contributed by atoms with E-state index in [9.17, 15) is 0 Å². The molecule has 0 bridgehead atoms. The molecule has 0 spiro atoms. The van der Waals surface area contributed by atoms with Gasteiger partial charge in [0, 0.05) is 5.33 Å². The van der Waals surface area contributed by atoms with E-state index in [-0.39, 0.29) is 6.10 Å². The largest absolute Gasteiger partial charge is 0.392 e. The summed E-state index contributed by atoms with van der Waals surface area (Å²) in [5.41, 5.74) is 2.70. The summed E-state index contributed by atoms with van der Waals surface area (Å²) in [6.45, 7) is 5.49. The van der Waals surface area contributed by atoms with Gasteiger partial charge in [-0.05, 0) is 18.4 Å². The van der Waals surface area contributed by atoms with Gasteiger partial charge >= 0.3 is 0 Å². The fraction of sp³-hybridized carbons (Fsp3) is 0.625. The van der Waals surface area contributed by atoms with Crippen molar-refractivity contribution in [1.29, 1.82) is 0 Å². The summed E-state index contributed by atoms with van der Waals surface area (Å²) in [5, 5.41) is 9.78. The summed E-state index contributed by atoms with van der Waals surface area (Å²) in [6.07, 6.45) is 2.39. The molecule has 1 nitrogen and oxygen atoms in total. The Hall–Kier alpha value is -0.0400. The second-order valence-corrected chi connectivity index (χ2v) is 3.04. The zero-order valence-electron chi connectivity index (χ0n) is 6.18. The third-order valence-corrected chi connectivity index (χ3v) is 1.97. The van der Waals surface area contributed by atoms with Crippen molar-refractivity contribution in [3.63, 3.8) is 0 Å². The molecule has 0 rings (SSSR count). The molecule has 2 atom stereocenters. The molecule has 0 aromatic carbocycles. The van der Waals surface area contributed by atoms with Crippen molar-refractivity contribution in [3.05, 3.63) is 18.4 Å². The van der Waals surface area contributed by atoms with Gasteiger partial charge in [-0.15, -0.1) is 5.73 Å². The van der Waals surface area contributed by atoms with E-state index in [4.69, 9.17) is 5.11 Å². The molecule has 0 saturated carbocycles. The predicted molar refractivity (Wildman–Crippen MR) is 47.3 cm³/mol. The molecule has 10 heavy (non-hydrogen) atoms. The lowest BCUT2D eigenvalue weighted by atomic mass is 10.1. The lowest BCUT2D eigenvalue weighted by Gasteiger charge is -2.08. The van der Waals surface area contributed by atoms with Crippen LogP contribution in [0.5, 0.6) is 0 Å². The molecular weight excluding hydrogens is 192 g/mol. The van der Waals surface area contributed by atoms with Gasteiger partial charge in [-0.25, -0.2) is 0 Å². The van der Waals surface area contributed by atoms with Crippen LogP contribution in [0.2, 0.25) is 0 Å². The Labute approximate surface area is 70.6 Å². The van der Waals surface area contributed by atoms with Gasteiger partial charge in [0.25, 0.3) is 0 Å². The minimum absolute atomic E-state index is 0.250. The average Bonchev–Trinajstić information content (AvgIpc) is 1.88. The van der Waals surface area contributed by atoms with E-state index in [1.807, 2.05) is 13.0 Å². The maximum Gasteiger partial charge on any atom is 0.0642 e. The number of hydrogen-bond donors (Lipinski definition) is 1. The van der Waals surface area contributed by atoms with Crippen LogP contribution in [0.3, 0.4) is 0 Å². The highest BCUT2D eigenvalue weighted by Crippen LogP contribution is 2.08. The van der Waals surface area contributed by atoms with Crippen LogP contribution in [-0.4, -0.2) is 16.5 Å². The number of hydrogen-bond acceptors (Lipinski definition) is 1. The Morgan fingerprint density at radius 3 is 2.80 bits per heavy atom. The molecule has 2 heteroatoms. The molecule has 0 aromatic heterocycles. The third-order valence-electron chi connectivity index (χ3n) is 1.22. The number of halogens is 1. The monoisotopic (exact) mass is 204 g/mol. The van der Waals surface area contributed by atoms with Crippen molar-refractivity contribution >= 4 is 15.9 Å². The molecule has 0 aliphatic carbocycles. The number of allylic oxidation sites excluding steroid dienone is 1. The second kappa shape index (κ2) is 5.72. The minimum atomic E-state index is -0.250. The normalized spacial score (nSPS) is 15.5. The van der Waals surface area contributed by atoms with Gasteiger partial charge in [-0.1, -0.05) is 29.4 Å². The van der Waals surface area contributed by atoms with Crippen molar-refractivity contribution in [2.24, 2.45) is 5.92 Å². The Balaban J connectivity index is 3.56. The van der Waals surface area contributed by atoms with Gasteiger partial charge in [-0.2, -0.15) is 0 Å². The number of aliphatic hydroxyl groups is 1. The Bertz CT molecular complexity index is 127. The zero-order valence-corrected chi connectivity index (χ0v) is 7.76. The third kappa shape index (κ3) is 4.80. The first-order chi connectivity index (χ1) is 4.70. The number of aliphatic hydroxyl groups excluding tert-OH is 1. The standard InChI is InChI=1S/C8H13BrO/c1-3-4-7(2)5-8(10)6-9/h4,7-8,10H,1,5-6H2,2H3/t7-,8?/m1/s1. The van der Waals surface area contributed by atoms with Crippen LogP contribution < -0.4 is 0 Å². The van der Waals surface area contributed by atoms with E-state index >= 15 is 0 Å². The zero-order chi connectivity index (χ0) is 7.98. The van der Waals surface area contributed by atoms with Crippen LogP contribution in [0.15, 0.2) is 18.4 Å². The molecular formula is C8H13BrO. The van der Waals surface area contributed by atoms with Gasteiger partial charge in [0.2, 0.25) is 0 Å². The SMILES string of the molecule is C=C=C[C@@H](C)CC(O)CBr. The molecule has 0 aromatic rings. The maximum atomic E-state index is 9.14. The Morgan fingerprint density at radius 2 is 2.40 bits per heavy atom. The van der Waals surface area contributed by atoms with Crippen molar-refractivity contribution in [3.8, 4) is 0 Å². The Kier molecular flexibility index (Phi) is 5.70. The van der Waals surface area contributed by atoms with E-state index in [2.05, 4.69) is 28.2 Å². The summed E-state index contributed by atoms with van der Waals surface area (Å²) in [7, 11) is 0. The van der Waals surface area contributed by atoms with Crippen LogP contribution in [0.25, 0.3) is 0 Å². The maximum absolute atomic E-state index is 9.14. The van der Waals surface area contributed by atoms with Crippen LogP contribution >= 0.6 is 15.9 Å². The first-order valence-electron chi connectivity index (χ1n) is 3.30. The fourth-order valence-electron chi connectivity index (χ4n) is 0.761. The Morgan fingerprint density at radius 1 is 1.80 bits per heavy atom. The van der Waals surface area contributed by atoms with Crippen molar-refractivity contribution in [1.82, 2.24) is 0 Å². The van der Waals surface area contributed by atoms with Crippen LogP contribution in [0.4, 0.5) is 0 Å². The molecule has 1 N–H and O–H groups in total. The second-order valence-electron chi connectivity index (χ2n) is 2.39. The van der Waals surface area contributed by atoms with Gasteiger partial charge < -0.3 is 5.11 Å². The molecule has 1 unspecified atom stereocenters.